The highest BCUT2D eigenvalue weighted by Gasteiger charge is 2.12. The number of nitrogens with one attached hydrogen (secondary N) is 2. The van der Waals surface area contributed by atoms with Crippen molar-refractivity contribution in [3.8, 4) is 22.8 Å². The smallest absolute Gasteiger partial charge is 0.226 e. The van der Waals surface area contributed by atoms with Crippen LogP contribution in [0.4, 0.5) is 5.69 Å². The van der Waals surface area contributed by atoms with E-state index in [4.69, 9.17) is 17.0 Å². The van der Waals surface area contributed by atoms with Gasteiger partial charge in [0.1, 0.15) is 5.75 Å². The van der Waals surface area contributed by atoms with Crippen LogP contribution >= 0.6 is 12.2 Å². The summed E-state index contributed by atoms with van der Waals surface area (Å²) in [6.07, 6.45) is 5.46. The average Bonchev–Trinajstić information content (AvgIpc) is 3.43. The zero-order chi connectivity index (χ0) is 20.9. The molecule has 2 aromatic carbocycles. The Balaban J connectivity index is 1.48. The molecule has 4 aromatic rings. The van der Waals surface area contributed by atoms with Crippen LogP contribution in [0.15, 0.2) is 67.3 Å². The molecule has 2 heterocycles. The van der Waals surface area contributed by atoms with Crippen LogP contribution in [0.1, 0.15) is 6.42 Å². The van der Waals surface area contributed by atoms with Crippen LogP contribution in [-0.2, 0) is 11.3 Å². The summed E-state index contributed by atoms with van der Waals surface area (Å²) in [5, 5.41) is 10.1. The topological polar surface area (TPSA) is 89.8 Å². The van der Waals surface area contributed by atoms with Crippen LogP contribution in [0, 0.1) is 4.77 Å². The van der Waals surface area contributed by atoms with Gasteiger partial charge in [-0.05, 0) is 48.6 Å². The van der Waals surface area contributed by atoms with Gasteiger partial charge in [0.2, 0.25) is 5.91 Å². The number of hydrogen-bond donors (Lipinski definition) is 2. The predicted octanol–water partition coefficient (Wildman–Crippen LogP) is 3.83. The summed E-state index contributed by atoms with van der Waals surface area (Å²) in [5.41, 5.74) is 2.45. The number of nitrogens with zero attached hydrogens (tertiary/aromatic N) is 4. The average molecular weight is 420 g/mol. The van der Waals surface area contributed by atoms with Gasteiger partial charge >= 0.3 is 0 Å². The van der Waals surface area contributed by atoms with Crippen LogP contribution < -0.4 is 10.1 Å². The van der Waals surface area contributed by atoms with Gasteiger partial charge in [-0.1, -0.05) is 12.1 Å². The van der Waals surface area contributed by atoms with Gasteiger partial charge in [-0.15, -0.1) is 0 Å². The van der Waals surface area contributed by atoms with Crippen molar-refractivity contribution in [2.24, 2.45) is 0 Å². The van der Waals surface area contributed by atoms with Gasteiger partial charge in [-0.2, -0.15) is 5.10 Å². The molecular formula is C21H20N6O2S. The van der Waals surface area contributed by atoms with E-state index in [1.165, 1.54) is 0 Å². The molecule has 8 nitrogen and oxygen atoms in total. The molecule has 1 amide bonds. The number of methoxy groups -OCH3 is 1. The first-order chi connectivity index (χ1) is 14.7. The second kappa shape index (κ2) is 8.75. The molecule has 9 heteroatoms. The molecule has 152 valence electrons. The summed E-state index contributed by atoms with van der Waals surface area (Å²) in [7, 11) is 1.62. The molecule has 2 aromatic heterocycles. The molecule has 2 N–H and O–H groups in total. The number of carbonyl (C=O) groups excluding carboxylic acids is 1. The molecule has 0 aliphatic heterocycles. The van der Waals surface area contributed by atoms with E-state index in [-0.39, 0.29) is 12.3 Å². The summed E-state index contributed by atoms with van der Waals surface area (Å²) in [6.45, 7) is 0.399. The van der Waals surface area contributed by atoms with Crippen molar-refractivity contribution in [2.75, 3.05) is 12.4 Å². The van der Waals surface area contributed by atoms with Gasteiger partial charge < -0.3 is 14.6 Å². The Hall–Kier alpha value is -3.72. The number of ether oxygens (including phenoxy) is 1. The van der Waals surface area contributed by atoms with E-state index in [9.17, 15) is 4.79 Å². The molecule has 0 saturated carbocycles. The number of amides is 1. The van der Waals surface area contributed by atoms with Crippen molar-refractivity contribution in [1.82, 2.24) is 24.3 Å². The third-order valence-electron chi connectivity index (χ3n) is 4.63. The third kappa shape index (κ3) is 4.15. The fraction of sp³-hybridized carbons (Fsp3) is 0.143. The fourth-order valence-electron chi connectivity index (χ4n) is 3.12. The van der Waals surface area contributed by atoms with E-state index >= 15 is 0 Å². The highest BCUT2D eigenvalue weighted by molar-refractivity contribution is 7.71. The Labute approximate surface area is 178 Å². The van der Waals surface area contributed by atoms with Crippen molar-refractivity contribution in [3.63, 3.8) is 0 Å². The summed E-state index contributed by atoms with van der Waals surface area (Å²) in [5.74, 6) is 1.32. The molecule has 0 unspecified atom stereocenters. The second-order valence-electron chi connectivity index (χ2n) is 6.52. The number of benzene rings is 2. The van der Waals surface area contributed by atoms with Gasteiger partial charge in [-0.3, -0.25) is 14.5 Å². The lowest BCUT2D eigenvalue weighted by Gasteiger charge is -2.12. The number of anilines is 1. The minimum Gasteiger partial charge on any atom is -0.497 e. The first kappa shape index (κ1) is 19.6. The summed E-state index contributed by atoms with van der Waals surface area (Å²) in [6, 6.07) is 15.1. The number of H-pyrrole nitrogens is 1. The maximum absolute atomic E-state index is 12.6. The Morgan fingerprint density at radius 1 is 1.20 bits per heavy atom. The standard InChI is InChI=1S/C21H20N6O2S/c1-29-16-8-6-15(7-9-16)20-24-25-21(30)27(20)12-10-19(28)23-17-4-2-3-5-18(17)26-13-11-22-14-26/h2-9,11,13-14H,10,12H2,1H3,(H,23,28)(H,25,30). The Morgan fingerprint density at radius 2 is 2.00 bits per heavy atom. The molecule has 0 bridgehead atoms. The van der Waals surface area contributed by atoms with Crippen LogP contribution in [-0.4, -0.2) is 37.3 Å². The predicted molar refractivity (Wildman–Crippen MR) is 116 cm³/mol. The highest BCUT2D eigenvalue weighted by Crippen LogP contribution is 2.22. The Morgan fingerprint density at radius 3 is 2.73 bits per heavy atom. The molecule has 0 aliphatic carbocycles. The lowest BCUT2D eigenvalue weighted by Crippen LogP contribution is -2.16. The minimum atomic E-state index is -0.119. The van der Waals surface area contributed by atoms with Gasteiger partial charge in [-0.25, -0.2) is 4.98 Å². The Bertz CT molecular complexity index is 1190. The number of imidazole rings is 1. The quantitative estimate of drug-likeness (QED) is 0.444. The lowest BCUT2D eigenvalue weighted by molar-refractivity contribution is -0.116. The van der Waals surface area contributed by atoms with Gasteiger partial charge in [0.15, 0.2) is 10.6 Å². The van der Waals surface area contributed by atoms with E-state index < -0.39 is 0 Å². The monoisotopic (exact) mass is 420 g/mol. The van der Waals surface area contributed by atoms with Gasteiger partial charge in [0, 0.05) is 30.9 Å². The van der Waals surface area contributed by atoms with E-state index in [0.717, 1.165) is 17.0 Å². The van der Waals surface area contributed by atoms with Crippen LogP contribution in [0.5, 0.6) is 5.75 Å². The highest BCUT2D eigenvalue weighted by atomic mass is 32.1. The molecule has 4 rings (SSSR count). The Kier molecular flexibility index (Phi) is 5.71. The zero-order valence-corrected chi connectivity index (χ0v) is 17.1. The van der Waals surface area contributed by atoms with Gasteiger partial charge in [0.25, 0.3) is 0 Å². The largest absolute Gasteiger partial charge is 0.497 e. The molecule has 0 fully saturated rings. The molecule has 30 heavy (non-hydrogen) atoms. The first-order valence-corrected chi connectivity index (χ1v) is 9.73. The number of rotatable bonds is 7. The van der Waals surface area contributed by atoms with E-state index in [1.54, 1.807) is 19.6 Å². The summed E-state index contributed by atoms with van der Waals surface area (Å²) in [4.78, 5) is 16.7. The minimum absolute atomic E-state index is 0.119. The van der Waals surface area contributed by atoms with Crippen molar-refractivity contribution in [2.45, 2.75) is 13.0 Å². The van der Waals surface area contributed by atoms with E-state index in [1.807, 2.05) is 63.9 Å². The normalized spacial score (nSPS) is 10.7. The number of aromatic nitrogens is 5. The van der Waals surface area contributed by atoms with Crippen LogP contribution in [0.25, 0.3) is 17.1 Å². The van der Waals surface area contributed by atoms with Crippen molar-refractivity contribution in [1.29, 1.82) is 0 Å². The van der Waals surface area contributed by atoms with Crippen molar-refractivity contribution >= 4 is 23.8 Å². The number of para-hydroxylation sites is 2. The lowest BCUT2D eigenvalue weighted by atomic mass is 10.2. The first-order valence-electron chi connectivity index (χ1n) is 9.32. The SMILES string of the molecule is COc1ccc(-c2n[nH]c(=S)n2CCC(=O)Nc2ccccc2-n2ccnc2)cc1. The molecule has 0 atom stereocenters. The molecule has 0 spiro atoms. The van der Waals surface area contributed by atoms with E-state index in [2.05, 4.69) is 20.5 Å². The van der Waals surface area contributed by atoms with E-state index in [0.29, 0.717) is 22.8 Å². The molecule has 0 saturated heterocycles. The molecular weight excluding hydrogens is 400 g/mol. The zero-order valence-electron chi connectivity index (χ0n) is 16.3. The number of carbonyl (C=O) groups is 1. The van der Waals surface area contributed by atoms with Crippen LogP contribution in [0.2, 0.25) is 0 Å². The fourth-order valence-corrected chi connectivity index (χ4v) is 3.34. The maximum atomic E-state index is 12.6. The van der Waals surface area contributed by atoms with Crippen molar-refractivity contribution in [3.05, 3.63) is 72.0 Å². The van der Waals surface area contributed by atoms with Crippen molar-refractivity contribution < 1.29 is 9.53 Å². The maximum Gasteiger partial charge on any atom is 0.226 e. The summed E-state index contributed by atoms with van der Waals surface area (Å²) >= 11 is 5.36. The molecule has 0 radical (unpaired) electrons. The second-order valence-corrected chi connectivity index (χ2v) is 6.90. The molecule has 0 aliphatic rings. The third-order valence-corrected chi connectivity index (χ3v) is 4.94. The number of hydrogen-bond acceptors (Lipinski definition) is 5. The van der Waals surface area contributed by atoms with Crippen LogP contribution in [0.3, 0.4) is 0 Å². The van der Waals surface area contributed by atoms with Gasteiger partial charge in [0.05, 0.1) is 24.8 Å². The number of aromatic amines is 1. The summed E-state index contributed by atoms with van der Waals surface area (Å²) < 4.78 is 9.33.